The molecule has 0 amide bonds. The Labute approximate surface area is 38.9 Å². The quantitative estimate of drug-likeness (QED) is 0.245. The van der Waals surface area contributed by atoms with Gasteiger partial charge in [-0.25, -0.2) is 4.89 Å². The average molecular weight is 106 g/mol. The molecule has 0 aromatic carbocycles. The lowest BCUT2D eigenvalue weighted by atomic mass is 11.2. The van der Waals surface area contributed by atoms with Crippen LogP contribution in [0.1, 0.15) is 0 Å². The van der Waals surface area contributed by atoms with Crippen LogP contribution in [0.4, 0.5) is 0 Å². The zero-order chi connectivity index (χ0) is 4.41. The third kappa shape index (κ3) is 0.649. The number of hydrogen-bond acceptors (Lipinski definition) is 3. The Morgan fingerprint density at radius 2 is 2.67 bits per heavy atom. The lowest BCUT2D eigenvalue weighted by Gasteiger charge is -1.99. The first-order valence-corrected chi connectivity index (χ1v) is 2.11. The molecule has 0 bridgehead atoms. The Bertz CT molecular complexity index is 63.2. The van der Waals surface area contributed by atoms with E-state index in [1.807, 2.05) is 0 Å². The molecule has 1 aliphatic heterocycles. The van der Waals surface area contributed by atoms with Crippen molar-refractivity contribution in [3.63, 3.8) is 0 Å². The van der Waals surface area contributed by atoms with Crippen LogP contribution in [0.2, 0.25) is 0 Å². The van der Waals surface area contributed by atoms with Gasteiger partial charge in [0.05, 0.1) is 0 Å². The predicted octanol–water partition coefficient (Wildman–Crippen LogP) is -0.121. The maximum absolute atomic E-state index is 9.75. The van der Waals surface area contributed by atoms with Crippen LogP contribution in [0.5, 0.6) is 0 Å². The summed E-state index contributed by atoms with van der Waals surface area (Å²) in [6.45, 7) is 0. The second-order valence-corrected chi connectivity index (χ2v) is 1.41. The third-order valence-electron chi connectivity index (χ3n) is 0.324. The minimum absolute atomic E-state index is 0.889. The summed E-state index contributed by atoms with van der Waals surface area (Å²) in [5.74, 6) is 0. The van der Waals surface area contributed by atoms with Gasteiger partial charge in [0, 0.05) is 0 Å². The lowest BCUT2D eigenvalue weighted by Crippen LogP contribution is -2.13. The van der Waals surface area contributed by atoms with Crippen LogP contribution in [-0.2, 0) is 9.00 Å². The smallest absolute Gasteiger partial charge is 0.285 e. The molecule has 0 saturated heterocycles. The first-order chi connectivity index (χ1) is 2.89. The van der Waals surface area contributed by atoms with E-state index in [4.69, 9.17) is 0 Å². The van der Waals surface area contributed by atoms with Gasteiger partial charge in [0.1, 0.15) is 5.41 Å². The molecule has 0 aliphatic carbocycles. The van der Waals surface area contributed by atoms with Crippen LogP contribution in [-0.4, -0.2) is 0 Å². The average Bonchev–Trinajstić information content (AvgIpc) is 1.86. The molecule has 4 heteroatoms. The molecule has 0 spiro atoms. The molecule has 0 radical (unpaired) electrons. The summed E-state index contributed by atoms with van der Waals surface area (Å²) in [4.78, 5) is 4.13. The minimum Gasteiger partial charge on any atom is -0.456 e. The van der Waals surface area contributed by atoms with Gasteiger partial charge >= 0.3 is 0 Å². The number of hydrogen-bond donors (Lipinski definition) is 0. The molecule has 6 heavy (non-hydrogen) atoms. The van der Waals surface area contributed by atoms with Crippen LogP contribution in [0.25, 0.3) is 0 Å². The normalized spacial score (nSPS) is 21.5. The van der Waals surface area contributed by atoms with E-state index in [0.29, 0.717) is 0 Å². The van der Waals surface area contributed by atoms with Gasteiger partial charge in [0.2, 0.25) is 0 Å². The maximum atomic E-state index is 9.75. The van der Waals surface area contributed by atoms with Crippen molar-refractivity contribution in [3.8, 4) is 0 Å². The van der Waals surface area contributed by atoms with Crippen molar-refractivity contribution in [2.24, 2.45) is 0 Å². The number of rotatable bonds is 0. The van der Waals surface area contributed by atoms with E-state index in [1.165, 1.54) is 11.7 Å². The first kappa shape index (κ1) is 3.98. The fourth-order valence-corrected chi connectivity index (χ4v) is 0.431. The summed E-state index contributed by atoms with van der Waals surface area (Å²) in [5, 5.41) is 11.3. The Balaban J connectivity index is 2.32. The lowest BCUT2D eigenvalue weighted by molar-refractivity contribution is -0.830. The molecular formula is C2H2O3S. The molecule has 34 valence electrons. The molecule has 1 heterocycles. The second-order valence-electron chi connectivity index (χ2n) is 0.669. The molecule has 0 atom stereocenters. The van der Waals surface area contributed by atoms with Crippen molar-refractivity contribution in [1.82, 2.24) is 0 Å². The fraction of sp³-hybridized carbons (Fsp3) is 0. The van der Waals surface area contributed by atoms with E-state index in [0.717, 1.165) is 16.2 Å². The minimum atomic E-state index is 0.889. The van der Waals surface area contributed by atoms with E-state index in [1.54, 1.807) is 0 Å². The van der Waals surface area contributed by atoms with Gasteiger partial charge in [0.15, 0.2) is 6.26 Å². The Morgan fingerprint density at radius 1 is 1.83 bits per heavy atom. The largest absolute Gasteiger partial charge is 0.456 e. The first-order valence-electron chi connectivity index (χ1n) is 1.30. The molecular weight excluding hydrogens is 104 g/mol. The molecule has 0 unspecified atom stereocenters. The van der Waals surface area contributed by atoms with Gasteiger partial charge in [-0.1, -0.05) is 0 Å². The summed E-state index contributed by atoms with van der Waals surface area (Å²) in [6.07, 6.45) is 1.29. The van der Waals surface area contributed by atoms with Gasteiger partial charge in [-0.15, -0.1) is 4.11 Å². The fourth-order valence-electron chi connectivity index (χ4n) is 0.159. The molecule has 3 nitrogen and oxygen atoms in total. The Morgan fingerprint density at radius 3 is 2.83 bits per heavy atom. The zero-order valence-electron chi connectivity index (χ0n) is 2.79. The summed E-state index contributed by atoms with van der Waals surface area (Å²) >= 11 is 0.889. The zero-order valence-corrected chi connectivity index (χ0v) is 3.60. The van der Waals surface area contributed by atoms with Crippen LogP contribution < -0.4 is 5.26 Å². The molecule has 1 rings (SSSR count). The van der Waals surface area contributed by atoms with Gasteiger partial charge in [0.25, 0.3) is 12.0 Å². The van der Waals surface area contributed by atoms with Gasteiger partial charge in [-0.05, 0) is 0 Å². The van der Waals surface area contributed by atoms with Gasteiger partial charge < -0.3 is 5.26 Å². The highest BCUT2D eigenvalue weighted by molar-refractivity contribution is 7.97. The highest BCUT2D eigenvalue weighted by atomic mass is 32.2. The Hall–Kier alpha value is -0.190. The standard InChI is InChI=1S/C2H2O3S/c3-5-4-1-2-6-5/h1-2H. The van der Waals surface area contributed by atoms with E-state index in [2.05, 4.69) is 4.89 Å². The van der Waals surface area contributed by atoms with Crippen molar-refractivity contribution >= 4 is 12.0 Å². The van der Waals surface area contributed by atoms with Crippen molar-refractivity contribution in [3.05, 3.63) is 11.7 Å². The van der Waals surface area contributed by atoms with Crippen molar-refractivity contribution in [1.29, 1.82) is 0 Å². The summed E-state index contributed by atoms with van der Waals surface area (Å²) in [5.41, 5.74) is 0. The third-order valence-corrected chi connectivity index (χ3v) is 0.782. The monoisotopic (exact) mass is 106 g/mol. The van der Waals surface area contributed by atoms with Gasteiger partial charge in [-0.2, -0.15) is 0 Å². The van der Waals surface area contributed by atoms with E-state index >= 15 is 0 Å². The van der Waals surface area contributed by atoms with E-state index < -0.39 is 0 Å². The molecule has 0 aromatic heterocycles. The SMILES string of the molecule is [O-][O+]1OC=CS1. The van der Waals surface area contributed by atoms with Gasteiger partial charge in [-0.3, -0.25) is 0 Å². The van der Waals surface area contributed by atoms with Crippen molar-refractivity contribution in [2.75, 3.05) is 0 Å². The molecule has 0 fully saturated rings. The van der Waals surface area contributed by atoms with Crippen molar-refractivity contribution < 1.29 is 14.3 Å². The predicted molar refractivity (Wildman–Crippen MR) is 18.9 cm³/mol. The summed E-state index contributed by atoms with van der Waals surface area (Å²) < 4.78 is 1.07. The topological polar surface area (TPSA) is 35.0 Å². The highest BCUT2D eigenvalue weighted by Crippen LogP contribution is 2.17. The molecule has 0 N–H and O–H groups in total. The van der Waals surface area contributed by atoms with Crippen LogP contribution >= 0.6 is 12.0 Å². The highest BCUT2D eigenvalue weighted by Gasteiger charge is 2.05. The van der Waals surface area contributed by atoms with E-state index in [-0.39, 0.29) is 0 Å². The van der Waals surface area contributed by atoms with Crippen LogP contribution in [0, 0.1) is 0 Å². The molecule has 1 aliphatic rings. The van der Waals surface area contributed by atoms with Crippen LogP contribution in [0.15, 0.2) is 11.7 Å². The Kier molecular flexibility index (Phi) is 0.999. The molecule has 0 aromatic rings. The summed E-state index contributed by atoms with van der Waals surface area (Å²) in [6, 6.07) is 0. The van der Waals surface area contributed by atoms with E-state index in [9.17, 15) is 5.26 Å². The van der Waals surface area contributed by atoms with Crippen molar-refractivity contribution in [2.45, 2.75) is 0 Å². The summed E-state index contributed by atoms with van der Waals surface area (Å²) in [7, 11) is 0. The van der Waals surface area contributed by atoms with Crippen LogP contribution in [0.3, 0.4) is 0 Å². The second kappa shape index (κ2) is 1.51. The maximum Gasteiger partial charge on any atom is 0.285 e. The molecule has 0 saturated carbocycles.